The van der Waals surface area contributed by atoms with Crippen LogP contribution in [0, 0.1) is 12.3 Å². The molecule has 1 aliphatic rings. The fourth-order valence-electron chi connectivity index (χ4n) is 3.07. The molecule has 2 aromatic rings. The number of thiophene rings is 1. The third-order valence-electron chi connectivity index (χ3n) is 5.37. The molecule has 0 aliphatic heterocycles. The van der Waals surface area contributed by atoms with E-state index in [0.29, 0.717) is 12.0 Å². The standard InChI is InChI=1S/C20H32N6OS.HI/c1-4-27-12-10-20(8-9-20)15-23-19(21-11-7-17-6-5-13-28-17)22-14-18-25-24-16(2)26(18)3;/h5-6,13H,4,7-12,14-15H2,1-3H3,(H2,21,22,23);1H. The van der Waals surface area contributed by atoms with Crippen LogP contribution in [0.2, 0.25) is 0 Å². The minimum atomic E-state index is 0. The molecule has 0 saturated heterocycles. The quantitative estimate of drug-likeness (QED) is 0.201. The molecule has 2 N–H and O–H groups in total. The Morgan fingerprint density at radius 2 is 2.17 bits per heavy atom. The molecular formula is C20H33IN6OS. The van der Waals surface area contributed by atoms with Gasteiger partial charge in [-0.15, -0.1) is 45.5 Å². The Hall–Kier alpha value is -1.20. The molecule has 0 atom stereocenters. The van der Waals surface area contributed by atoms with Gasteiger partial charge in [0.15, 0.2) is 11.8 Å². The number of nitrogens with zero attached hydrogens (tertiary/aromatic N) is 4. The number of rotatable bonds is 11. The van der Waals surface area contributed by atoms with E-state index >= 15 is 0 Å². The maximum absolute atomic E-state index is 5.55. The van der Waals surface area contributed by atoms with Gasteiger partial charge in [0.2, 0.25) is 0 Å². The van der Waals surface area contributed by atoms with E-state index in [1.807, 2.05) is 25.5 Å². The number of aromatic nitrogens is 3. The number of hydrogen-bond donors (Lipinski definition) is 2. The number of aliphatic imine (C=N–C) groups is 1. The Labute approximate surface area is 194 Å². The van der Waals surface area contributed by atoms with E-state index in [9.17, 15) is 0 Å². The molecule has 0 bridgehead atoms. The van der Waals surface area contributed by atoms with Crippen LogP contribution in [0.1, 0.15) is 42.7 Å². The van der Waals surface area contributed by atoms with E-state index in [-0.39, 0.29) is 24.0 Å². The Morgan fingerprint density at radius 3 is 2.79 bits per heavy atom. The van der Waals surface area contributed by atoms with Crippen LogP contribution >= 0.6 is 35.3 Å². The summed E-state index contributed by atoms with van der Waals surface area (Å²) in [4.78, 5) is 6.14. The second-order valence-corrected chi connectivity index (χ2v) is 8.48. The summed E-state index contributed by atoms with van der Waals surface area (Å²) in [7, 11) is 1.98. The van der Waals surface area contributed by atoms with Gasteiger partial charge in [-0.05, 0) is 56.4 Å². The summed E-state index contributed by atoms with van der Waals surface area (Å²) in [5.41, 5.74) is 0.368. The van der Waals surface area contributed by atoms with Crippen molar-refractivity contribution in [3.8, 4) is 0 Å². The van der Waals surface area contributed by atoms with Crippen LogP contribution in [-0.4, -0.2) is 47.0 Å². The Morgan fingerprint density at radius 1 is 1.34 bits per heavy atom. The van der Waals surface area contributed by atoms with Gasteiger partial charge in [0, 0.05) is 38.2 Å². The average molecular weight is 532 g/mol. The van der Waals surface area contributed by atoms with Gasteiger partial charge >= 0.3 is 0 Å². The Balaban J connectivity index is 0.00000300. The number of guanidine groups is 1. The lowest BCUT2D eigenvalue weighted by Gasteiger charge is -2.19. The van der Waals surface area contributed by atoms with E-state index in [2.05, 4.69) is 38.3 Å². The molecule has 0 spiro atoms. The Kier molecular flexibility index (Phi) is 9.84. The third-order valence-corrected chi connectivity index (χ3v) is 6.31. The topological polar surface area (TPSA) is 76.4 Å². The largest absolute Gasteiger partial charge is 0.382 e. The smallest absolute Gasteiger partial charge is 0.191 e. The molecule has 2 heterocycles. The first-order valence-corrected chi connectivity index (χ1v) is 11.0. The van der Waals surface area contributed by atoms with Crippen molar-refractivity contribution in [2.24, 2.45) is 17.5 Å². The molecule has 9 heteroatoms. The fourth-order valence-corrected chi connectivity index (χ4v) is 3.78. The summed E-state index contributed by atoms with van der Waals surface area (Å²) < 4.78 is 7.54. The number of hydrogen-bond acceptors (Lipinski definition) is 5. The molecule has 1 fully saturated rings. The normalized spacial score (nSPS) is 15.1. The molecule has 0 radical (unpaired) electrons. The minimum absolute atomic E-state index is 0. The molecule has 1 aliphatic carbocycles. The van der Waals surface area contributed by atoms with Gasteiger partial charge in [-0.1, -0.05) is 6.07 Å². The molecule has 0 aromatic carbocycles. The number of ether oxygens (including phenoxy) is 1. The lowest BCUT2D eigenvalue weighted by atomic mass is 10.0. The van der Waals surface area contributed by atoms with Crippen molar-refractivity contribution in [3.05, 3.63) is 34.0 Å². The van der Waals surface area contributed by atoms with Gasteiger partial charge in [-0.2, -0.15) is 0 Å². The third kappa shape index (κ3) is 7.53. The number of aryl methyl sites for hydroxylation is 1. The number of nitrogens with one attached hydrogen (secondary N) is 2. The van der Waals surface area contributed by atoms with Crippen LogP contribution in [0.5, 0.6) is 0 Å². The van der Waals surface area contributed by atoms with Gasteiger partial charge in [0.1, 0.15) is 12.4 Å². The van der Waals surface area contributed by atoms with Crippen molar-refractivity contribution >= 4 is 41.3 Å². The van der Waals surface area contributed by atoms with Crippen molar-refractivity contribution < 1.29 is 4.74 Å². The summed E-state index contributed by atoms with van der Waals surface area (Å²) in [6.07, 6.45) is 4.63. The first kappa shape index (κ1) is 24.1. The average Bonchev–Trinajstić information content (AvgIpc) is 3.12. The SMILES string of the molecule is CCOCCC1(CNC(=NCc2nnc(C)n2C)NCCc2cccs2)CC1.I. The highest BCUT2D eigenvalue weighted by atomic mass is 127. The predicted molar refractivity (Wildman–Crippen MR) is 129 cm³/mol. The van der Waals surface area contributed by atoms with E-state index in [1.54, 1.807) is 11.3 Å². The van der Waals surface area contributed by atoms with Crippen LogP contribution in [-0.2, 0) is 24.8 Å². The monoisotopic (exact) mass is 532 g/mol. The van der Waals surface area contributed by atoms with E-state index < -0.39 is 0 Å². The van der Waals surface area contributed by atoms with Crippen molar-refractivity contribution in [2.75, 3.05) is 26.3 Å². The highest BCUT2D eigenvalue weighted by molar-refractivity contribution is 14.0. The molecule has 0 unspecified atom stereocenters. The molecule has 162 valence electrons. The lowest BCUT2D eigenvalue weighted by Crippen LogP contribution is -2.41. The molecule has 2 aromatic heterocycles. The molecular weight excluding hydrogens is 499 g/mol. The van der Waals surface area contributed by atoms with E-state index in [4.69, 9.17) is 9.73 Å². The van der Waals surface area contributed by atoms with Gasteiger partial charge in [-0.3, -0.25) is 0 Å². The van der Waals surface area contributed by atoms with Gasteiger partial charge in [-0.25, -0.2) is 4.99 Å². The fraction of sp³-hybridized carbons (Fsp3) is 0.650. The molecule has 1 saturated carbocycles. The second kappa shape index (κ2) is 11.8. The molecule has 29 heavy (non-hydrogen) atoms. The summed E-state index contributed by atoms with van der Waals surface area (Å²) in [6.45, 7) is 7.94. The summed E-state index contributed by atoms with van der Waals surface area (Å²) in [5.74, 6) is 2.62. The van der Waals surface area contributed by atoms with E-state index in [1.165, 1.54) is 17.7 Å². The highest BCUT2D eigenvalue weighted by Gasteiger charge is 2.41. The van der Waals surface area contributed by atoms with Crippen LogP contribution in [0.3, 0.4) is 0 Å². The van der Waals surface area contributed by atoms with Crippen molar-refractivity contribution in [2.45, 2.75) is 46.1 Å². The maximum atomic E-state index is 5.55. The molecule has 3 rings (SSSR count). The van der Waals surface area contributed by atoms with Gasteiger partial charge < -0.3 is 19.9 Å². The first-order chi connectivity index (χ1) is 13.6. The molecule has 0 amide bonds. The van der Waals surface area contributed by atoms with Crippen LogP contribution in [0.25, 0.3) is 0 Å². The first-order valence-electron chi connectivity index (χ1n) is 10.1. The molecule has 7 nitrogen and oxygen atoms in total. The maximum Gasteiger partial charge on any atom is 0.191 e. The van der Waals surface area contributed by atoms with Crippen LogP contribution in [0.4, 0.5) is 0 Å². The minimum Gasteiger partial charge on any atom is -0.382 e. The van der Waals surface area contributed by atoms with Crippen molar-refractivity contribution in [1.82, 2.24) is 25.4 Å². The lowest BCUT2D eigenvalue weighted by molar-refractivity contribution is 0.128. The summed E-state index contributed by atoms with van der Waals surface area (Å²) in [5, 5.41) is 17.5. The summed E-state index contributed by atoms with van der Waals surface area (Å²) in [6, 6.07) is 4.27. The zero-order valence-electron chi connectivity index (χ0n) is 17.6. The van der Waals surface area contributed by atoms with Crippen molar-refractivity contribution in [3.63, 3.8) is 0 Å². The van der Waals surface area contributed by atoms with Crippen LogP contribution < -0.4 is 10.6 Å². The summed E-state index contributed by atoms with van der Waals surface area (Å²) >= 11 is 1.79. The predicted octanol–water partition coefficient (Wildman–Crippen LogP) is 3.29. The van der Waals surface area contributed by atoms with Gasteiger partial charge in [0.05, 0.1) is 0 Å². The van der Waals surface area contributed by atoms with E-state index in [0.717, 1.165) is 56.8 Å². The van der Waals surface area contributed by atoms with Crippen LogP contribution in [0.15, 0.2) is 22.5 Å². The Bertz CT molecular complexity index is 757. The highest BCUT2D eigenvalue weighted by Crippen LogP contribution is 2.48. The second-order valence-electron chi connectivity index (χ2n) is 7.44. The zero-order chi connectivity index (χ0) is 19.8. The number of halogens is 1. The van der Waals surface area contributed by atoms with Gasteiger partial charge in [0.25, 0.3) is 0 Å². The zero-order valence-corrected chi connectivity index (χ0v) is 20.8. The van der Waals surface area contributed by atoms with Crippen molar-refractivity contribution in [1.29, 1.82) is 0 Å².